The van der Waals surface area contributed by atoms with E-state index in [1.165, 1.54) is 5.56 Å². The van der Waals surface area contributed by atoms with E-state index in [0.717, 1.165) is 61.6 Å². The summed E-state index contributed by atoms with van der Waals surface area (Å²) in [5, 5.41) is 2.12. The molecule has 1 atom stereocenters. The first kappa shape index (κ1) is 27.4. The highest BCUT2D eigenvalue weighted by atomic mass is 31.2. The van der Waals surface area contributed by atoms with E-state index >= 15 is 0 Å². The molecule has 2 aromatic heterocycles. The van der Waals surface area contributed by atoms with Crippen molar-refractivity contribution in [3.63, 3.8) is 0 Å². The van der Waals surface area contributed by atoms with Crippen molar-refractivity contribution in [3.8, 4) is 0 Å². The van der Waals surface area contributed by atoms with Crippen molar-refractivity contribution < 1.29 is 37.9 Å². The van der Waals surface area contributed by atoms with Crippen LogP contribution in [-0.4, -0.2) is 61.6 Å². The third kappa shape index (κ3) is 3.67. The zero-order chi connectivity index (χ0) is 31.0. The lowest BCUT2D eigenvalue weighted by atomic mass is 9.86. The second-order valence-electron chi connectivity index (χ2n) is 12.5. The van der Waals surface area contributed by atoms with Gasteiger partial charge in [-0.15, -0.1) is 0 Å². The second kappa shape index (κ2) is 8.89. The lowest BCUT2D eigenvalue weighted by molar-refractivity contribution is -0.837. The van der Waals surface area contributed by atoms with Gasteiger partial charge in [-0.1, -0.05) is 39.0 Å². The fraction of sp³-hybridized carbons (Fsp3) is 0.212. The van der Waals surface area contributed by atoms with Gasteiger partial charge in [-0.25, -0.2) is 0 Å². The highest BCUT2D eigenvalue weighted by Crippen LogP contribution is 2.50. The molecular weight excluding hydrogens is 610 g/mol. The summed E-state index contributed by atoms with van der Waals surface area (Å²) in [5.41, 5.74) is 10.1. The second-order valence-corrected chi connectivity index (χ2v) is 16.1. The molecule has 6 aliphatic rings. The topological polar surface area (TPSA) is 131 Å². The zero-order valence-electron chi connectivity index (χ0n) is 24.3. The van der Waals surface area contributed by atoms with Crippen LogP contribution in [0.2, 0.25) is 0 Å². The number of aryl methyl sites for hydroxylation is 1. The minimum Gasteiger partial charge on any atom is -0.324 e. The molecule has 8 heterocycles. The number of benzene rings is 1. The molecule has 0 saturated carbocycles. The van der Waals surface area contributed by atoms with Crippen molar-refractivity contribution >= 4 is 44.3 Å². The van der Waals surface area contributed by atoms with E-state index in [1.54, 1.807) is 0 Å². The van der Waals surface area contributed by atoms with Gasteiger partial charge in [0, 0.05) is 42.0 Å². The minimum atomic E-state index is -4.36. The van der Waals surface area contributed by atoms with Gasteiger partial charge in [0.2, 0.25) is 22.8 Å². The Balaban J connectivity index is 1.36. The van der Waals surface area contributed by atoms with Crippen molar-refractivity contribution in [2.45, 2.75) is 25.7 Å². The lowest BCUT2D eigenvalue weighted by Crippen LogP contribution is -2.70. The highest BCUT2D eigenvalue weighted by Gasteiger charge is 2.71. The Morgan fingerprint density at radius 3 is 2.24 bits per heavy atom. The molecule has 12 heteroatoms. The summed E-state index contributed by atoms with van der Waals surface area (Å²) in [7, 11) is -8.72. The van der Waals surface area contributed by atoms with Gasteiger partial charge in [-0.2, -0.15) is 9.13 Å². The maximum atomic E-state index is 12.1. The standard InChI is InChI=1S/C33H28N4O6P2/c1-20-2-4-21(5-3-20)31-27-10-6-23-18-25-8-12-29-32(22(14-16-44(38,39)40)15-17-45(41,42)43)30-13-9-26-19-24-7-11-28(31)35(24)33(34(23)27,36(25)29)37(26)30/h2-13,18-19,22H,14-17H2,1H3,(H2-2,38,39,40,41,42,43)/p+2. The highest BCUT2D eigenvalue weighted by molar-refractivity contribution is 7.52. The Kier molecular flexibility index (Phi) is 5.42. The van der Waals surface area contributed by atoms with E-state index in [9.17, 15) is 28.7 Å². The maximum Gasteiger partial charge on any atom is 0.553 e. The molecular formula is C33H30N4O6P2+2. The van der Waals surface area contributed by atoms with Crippen LogP contribution in [0.1, 0.15) is 35.4 Å². The Hall–Kier alpha value is -3.88. The van der Waals surface area contributed by atoms with Crippen molar-refractivity contribution in [2.24, 2.45) is 5.92 Å². The molecule has 0 radical (unpaired) electrons. The van der Waals surface area contributed by atoms with E-state index in [-0.39, 0.29) is 25.2 Å². The molecule has 9 rings (SSSR count). The monoisotopic (exact) mass is 640 g/mol. The molecule has 0 saturated heterocycles. The molecule has 1 unspecified atom stereocenters. The van der Waals surface area contributed by atoms with Crippen LogP contribution < -0.4 is 10.7 Å². The van der Waals surface area contributed by atoms with Crippen LogP contribution in [0.25, 0.3) is 17.7 Å². The first-order valence-corrected chi connectivity index (χ1v) is 18.6. The first-order chi connectivity index (χ1) is 21.5. The number of hydrogen-bond acceptors (Lipinski definition) is 2. The molecule has 0 amide bonds. The fourth-order valence-electron chi connectivity index (χ4n) is 8.09. The van der Waals surface area contributed by atoms with Crippen LogP contribution in [-0.2, 0) is 15.0 Å². The van der Waals surface area contributed by atoms with Crippen molar-refractivity contribution in [3.05, 3.63) is 123 Å². The molecule has 226 valence electrons. The average molecular weight is 641 g/mol. The summed E-state index contributed by atoms with van der Waals surface area (Å²) in [6, 6.07) is 17.3. The van der Waals surface area contributed by atoms with Gasteiger partial charge in [0.1, 0.15) is 0 Å². The molecule has 1 spiro atoms. The van der Waals surface area contributed by atoms with Gasteiger partial charge < -0.3 is 19.6 Å². The minimum absolute atomic E-state index is 0.0897. The molecule has 0 fully saturated rings. The molecule has 6 aliphatic heterocycles. The quantitative estimate of drug-likeness (QED) is 0.221. The van der Waals surface area contributed by atoms with Crippen LogP contribution in [0.5, 0.6) is 0 Å². The number of nitrogens with zero attached hydrogens (tertiary/aromatic N) is 4. The molecule has 10 nitrogen and oxygen atoms in total. The van der Waals surface area contributed by atoms with E-state index in [1.807, 2.05) is 12.2 Å². The zero-order valence-corrected chi connectivity index (χ0v) is 26.1. The van der Waals surface area contributed by atoms with E-state index in [2.05, 4.69) is 98.0 Å². The average Bonchev–Trinajstić information content (AvgIpc) is 3.78. The van der Waals surface area contributed by atoms with Crippen LogP contribution in [0.15, 0.2) is 89.8 Å². The Morgan fingerprint density at radius 2 is 1.53 bits per heavy atom. The molecule has 3 aromatic rings. The van der Waals surface area contributed by atoms with E-state index in [4.69, 9.17) is 0 Å². The summed E-state index contributed by atoms with van der Waals surface area (Å²) in [5.74, 6) is -1.39. The van der Waals surface area contributed by atoms with Gasteiger partial charge in [0.25, 0.3) is 0 Å². The number of allylic oxidation sites excluding steroid dienone is 5. The van der Waals surface area contributed by atoms with Crippen molar-refractivity contribution in [1.82, 2.24) is 9.13 Å². The number of rotatable bonds is 8. The Labute approximate surface area is 257 Å². The summed E-state index contributed by atoms with van der Waals surface area (Å²) < 4.78 is 33.5. The van der Waals surface area contributed by atoms with Gasteiger partial charge in [-0.3, -0.25) is 9.13 Å². The van der Waals surface area contributed by atoms with Gasteiger partial charge in [-0.05, 0) is 55.5 Å². The van der Waals surface area contributed by atoms with Crippen molar-refractivity contribution in [2.75, 3.05) is 12.3 Å². The number of hydrogen-bond donors (Lipinski definition) is 4. The normalized spacial score (nSPS) is 21.6. The van der Waals surface area contributed by atoms with Gasteiger partial charge >= 0.3 is 21.1 Å². The maximum absolute atomic E-state index is 12.1. The van der Waals surface area contributed by atoms with Crippen LogP contribution in [0, 0.1) is 12.8 Å². The molecule has 0 aliphatic carbocycles. The van der Waals surface area contributed by atoms with Gasteiger partial charge in [0.05, 0.1) is 40.0 Å². The third-order valence-corrected chi connectivity index (χ3v) is 11.5. The van der Waals surface area contributed by atoms with Crippen LogP contribution in [0.4, 0.5) is 0 Å². The summed E-state index contributed by atoms with van der Waals surface area (Å²) >= 11 is 0. The lowest BCUT2D eigenvalue weighted by Gasteiger charge is -2.40. The van der Waals surface area contributed by atoms with Crippen LogP contribution >= 0.6 is 15.2 Å². The molecule has 1 aromatic carbocycles. The molecule has 0 bridgehead atoms. The largest absolute Gasteiger partial charge is 0.553 e. The van der Waals surface area contributed by atoms with Gasteiger partial charge in [0.15, 0.2) is 0 Å². The summed E-state index contributed by atoms with van der Waals surface area (Å²) in [4.78, 5) is 39.3. The fourth-order valence-corrected chi connectivity index (χ4v) is 9.39. The number of aromatic nitrogens is 2. The van der Waals surface area contributed by atoms with E-state index in [0.29, 0.717) is 0 Å². The predicted molar refractivity (Wildman–Crippen MR) is 169 cm³/mol. The third-order valence-electron chi connectivity index (χ3n) is 9.79. The predicted octanol–water partition coefficient (Wildman–Crippen LogP) is 2.49. The van der Waals surface area contributed by atoms with E-state index < -0.39 is 27.0 Å². The summed E-state index contributed by atoms with van der Waals surface area (Å²) in [6.07, 6.45) is 12.0. The Bertz CT molecular complexity index is 2310. The Morgan fingerprint density at radius 1 is 0.800 bits per heavy atom. The molecule has 4 N–H and O–H groups in total. The summed E-state index contributed by atoms with van der Waals surface area (Å²) in [6.45, 7) is 2.08. The SMILES string of the molecule is Cc1ccc(C2=c3ccc4n3C35n6c(ccc62)C=C2C=CC(=[N+]23)C(C(CCP(=O)(O)O)CCP(=O)(O)O)=C2C=CC(=[N+]25)C=4)cc1. The first-order valence-electron chi connectivity index (χ1n) is 15.0. The van der Waals surface area contributed by atoms with Crippen molar-refractivity contribution in [1.29, 1.82) is 0 Å². The smallest absolute Gasteiger partial charge is 0.324 e. The molecule has 45 heavy (non-hydrogen) atoms. The van der Waals surface area contributed by atoms with Crippen LogP contribution in [0.3, 0.4) is 0 Å².